The van der Waals surface area contributed by atoms with Crippen LogP contribution in [0.4, 0.5) is 28.7 Å². The number of nitrogens with two attached hydrogens (primary N) is 1. The lowest BCUT2D eigenvalue weighted by Gasteiger charge is -2.46. The first-order chi connectivity index (χ1) is 13.0. The van der Waals surface area contributed by atoms with E-state index >= 15 is 0 Å². The van der Waals surface area contributed by atoms with E-state index in [1.165, 1.54) is 0 Å². The van der Waals surface area contributed by atoms with Gasteiger partial charge in [-0.25, -0.2) is 9.78 Å². The molecule has 1 aliphatic rings. The standard InChI is InChI=1S/C16H15F3N4O4S/c1-2-15(20)6-10(13-21-7-12(28-13)23(26)27)9-5-8(16(17,18)19)3-4-11(9)22(15)14(24)25/h3-5,7,10H,2,6,20H2,1H3,(H,24,25)/t10-,15+/m0/s1. The van der Waals surface area contributed by atoms with Crippen molar-refractivity contribution in [3.8, 4) is 0 Å². The van der Waals surface area contributed by atoms with Crippen LogP contribution < -0.4 is 10.6 Å². The molecule has 0 spiro atoms. The number of fused-ring (bicyclic) bond motifs is 1. The molecule has 1 aromatic heterocycles. The van der Waals surface area contributed by atoms with Gasteiger partial charge in [-0.2, -0.15) is 13.2 Å². The van der Waals surface area contributed by atoms with Crippen molar-refractivity contribution in [3.05, 3.63) is 50.6 Å². The lowest BCUT2D eigenvalue weighted by atomic mass is 9.81. The number of carboxylic acid groups (broad SMARTS) is 1. The zero-order chi connectivity index (χ0) is 20.9. The third-order valence-corrected chi connectivity index (χ3v) is 5.83. The Morgan fingerprint density at radius 2 is 2.21 bits per heavy atom. The van der Waals surface area contributed by atoms with Crippen LogP contribution in [0.5, 0.6) is 0 Å². The number of carbonyl (C=O) groups is 1. The second-order valence-electron chi connectivity index (χ2n) is 6.40. The molecule has 2 atom stereocenters. The quantitative estimate of drug-likeness (QED) is 0.572. The van der Waals surface area contributed by atoms with Crippen LogP contribution in [0, 0.1) is 10.1 Å². The van der Waals surface area contributed by atoms with Crippen LogP contribution in [0.2, 0.25) is 0 Å². The monoisotopic (exact) mass is 416 g/mol. The molecule has 3 N–H and O–H groups in total. The van der Waals surface area contributed by atoms with Crippen LogP contribution in [0.1, 0.15) is 41.8 Å². The Balaban J connectivity index is 2.23. The number of amides is 1. The number of hydrogen-bond donors (Lipinski definition) is 2. The molecule has 8 nitrogen and oxygen atoms in total. The fraction of sp³-hybridized carbons (Fsp3) is 0.375. The van der Waals surface area contributed by atoms with Crippen LogP contribution >= 0.6 is 11.3 Å². The molecule has 12 heteroatoms. The van der Waals surface area contributed by atoms with Gasteiger partial charge in [0.05, 0.1) is 16.2 Å². The van der Waals surface area contributed by atoms with Crippen molar-refractivity contribution in [2.75, 3.05) is 4.90 Å². The van der Waals surface area contributed by atoms with E-state index < -0.39 is 34.3 Å². The number of rotatable bonds is 3. The SMILES string of the molecule is CC[C@]1(N)C[C@H](c2ncc([N+](=O)[O-])s2)c2cc(C(F)(F)F)ccc2N1C(=O)O. The van der Waals surface area contributed by atoms with Gasteiger partial charge in [-0.05, 0) is 47.9 Å². The maximum atomic E-state index is 13.2. The first-order valence-corrected chi connectivity index (χ1v) is 8.93. The highest BCUT2D eigenvalue weighted by Crippen LogP contribution is 2.48. The minimum absolute atomic E-state index is 0.0129. The molecule has 1 aliphatic heterocycles. The van der Waals surface area contributed by atoms with E-state index in [0.29, 0.717) is 0 Å². The molecule has 0 bridgehead atoms. The molecule has 1 aromatic carbocycles. The third kappa shape index (κ3) is 3.29. The van der Waals surface area contributed by atoms with Gasteiger partial charge in [0, 0.05) is 5.92 Å². The summed E-state index contributed by atoms with van der Waals surface area (Å²) >= 11 is 0.732. The predicted octanol–water partition coefficient (Wildman–Crippen LogP) is 4.16. The average Bonchev–Trinajstić information content (AvgIpc) is 3.09. The maximum absolute atomic E-state index is 13.2. The number of aromatic nitrogens is 1. The summed E-state index contributed by atoms with van der Waals surface area (Å²) in [6.07, 6.45) is -4.88. The van der Waals surface area contributed by atoms with E-state index in [-0.39, 0.29) is 34.1 Å². The van der Waals surface area contributed by atoms with Crippen molar-refractivity contribution in [1.29, 1.82) is 0 Å². The number of thiazole rings is 1. The Bertz CT molecular complexity index is 948. The Hall–Kier alpha value is -2.73. The minimum Gasteiger partial charge on any atom is -0.465 e. The van der Waals surface area contributed by atoms with Gasteiger partial charge >= 0.3 is 17.3 Å². The van der Waals surface area contributed by atoms with E-state index in [2.05, 4.69) is 4.98 Å². The molecule has 0 aliphatic carbocycles. The summed E-state index contributed by atoms with van der Waals surface area (Å²) in [4.78, 5) is 27.0. The molecule has 0 unspecified atom stereocenters. The number of anilines is 1. The molecule has 0 radical (unpaired) electrons. The van der Waals surface area contributed by atoms with Gasteiger partial charge in [-0.15, -0.1) is 0 Å². The smallest absolute Gasteiger partial charge is 0.416 e. The molecule has 0 fully saturated rings. The predicted molar refractivity (Wildman–Crippen MR) is 94.4 cm³/mol. The molecule has 0 saturated carbocycles. The average molecular weight is 416 g/mol. The van der Waals surface area contributed by atoms with Crippen molar-refractivity contribution >= 4 is 28.1 Å². The van der Waals surface area contributed by atoms with Crippen LogP contribution in [0.3, 0.4) is 0 Å². The van der Waals surface area contributed by atoms with Gasteiger partial charge in [-0.1, -0.05) is 6.92 Å². The summed E-state index contributed by atoms with van der Waals surface area (Å²) in [5, 5.41) is 20.6. The highest BCUT2D eigenvalue weighted by Gasteiger charge is 2.46. The molecule has 1 amide bonds. The summed E-state index contributed by atoms with van der Waals surface area (Å²) in [7, 11) is 0. The number of hydrogen-bond acceptors (Lipinski definition) is 6. The highest BCUT2D eigenvalue weighted by atomic mass is 32.1. The van der Waals surface area contributed by atoms with Crippen LogP contribution in [-0.2, 0) is 6.18 Å². The molecular weight excluding hydrogens is 401 g/mol. The van der Waals surface area contributed by atoms with Gasteiger partial charge in [0.25, 0.3) is 0 Å². The van der Waals surface area contributed by atoms with Gasteiger partial charge < -0.3 is 10.8 Å². The molecule has 2 heterocycles. The van der Waals surface area contributed by atoms with E-state index in [0.717, 1.165) is 40.6 Å². The fourth-order valence-electron chi connectivity index (χ4n) is 3.35. The molecule has 2 aromatic rings. The van der Waals surface area contributed by atoms with Gasteiger partial charge in [0.2, 0.25) is 0 Å². The van der Waals surface area contributed by atoms with Crippen LogP contribution in [0.15, 0.2) is 24.4 Å². The zero-order valence-electron chi connectivity index (χ0n) is 14.4. The van der Waals surface area contributed by atoms with Gasteiger partial charge in [0.1, 0.15) is 16.9 Å². The molecule has 28 heavy (non-hydrogen) atoms. The number of benzene rings is 1. The first kappa shape index (κ1) is 20.0. The Morgan fingerprint density at radius 3 is 2.71 bits per heavy atom. The zero-order valence-corrected chi connectivity index (χ0v) is 15.3. The summed E-state index contributed by atoms with van der Waals surface area (Å²) in [6.45, 7) is 1.66. The third-order valence-electron chi connectivity index (χ3n) is 4.77. The largest absolute Gasteiger partial charge is 0.465 e. The molecule has 3 rings (SSSR count). The number of halogens is 3. The Kier molecular flexibility index (Phi) is 4.79. The van der Waals surface area contributed by atoms with E-state index in [4.69, 9.17) is 5.73 Å². The van der Waals surface area contributed by atoms with Crippen molar-refractivity contribution in [1.82, 2.24) is 4.98 Å². The van der Waals surface area contributed by atoms with E-state index in [1.54, 1.807) is 6.92 Å². The van der Waals surface area contributed by atoms with Crippen molar-refractivity contribution < 1.29 is 28.0 Å². The second-order valence-corrected chi connectivity index (χ2v) is 7.44. The minimum atomic E-state index is -4.63. The fourth-order valence-corrected chi connectivity index (χ4v) is 4.20. The van der Waals surface area contributed by atoms with Crippen LogP contribution in [-0.4, -0.2) is 26.8 Å². The number of nitro groups is 1. The van der Waals surface area contributed by atoms with Crippen LogP contribution in [0.25, 0.3) is 0 Å². The Morgan fingerprint density at radius 1 is 1.54 bits per heavy atom. The Labute approximate surface area is 160 Å². The second kappa shape index (κ2) is 6.71. The van der Waals surface area contributed by atoms with E-state index in [9.17, 15) is 33.2 Å². The highest BCUT2D eigenvalue weighted by molar-refractivity contribution is 7.15. The molecule has 150 valence electrons. The molecule has 0 saturated heterocycles. The first-order valence-electron chi connectivity index (χ1n) is 8.11. The van der Waals surface area contributed by atoms with Crippen molar-refractivity contribution in [2.24, 2.45) is 5.73 Å². The lowest BCUT2D eigenvalue weighted by molar-refractivity contribution is -0.380. The summed E-state index contributed by atoms with van der Waals surface area (Å²) < 4.78 is 39.6. The number of alkyl halides is 3. The summed E-state index contributed by atoms with van der Waals surface area (Å²) in [6, 6.07) is 2.72. The lowest BCUT2D eigenvalue weighted by Crippen LogP contribution is -2.61. The number of nitrogens with zero attached hydrogens (tertiary/aromatic N) is 3. The summed E-state index contributed by atoms with van der Waals surface area (Å²) in [5.41, 5.74) is 4.03. The van der Waals surface area contributed by atoms with Gasteiger partial charge in [0.15, 0.2) is 0 Å². The maximum Gasteiger partial charge on any atom is 0.416 e. The topological polar surface area (TPSA) is 123 Å². The van der Waals surface area contributed by atoms with E-state index in [1.807, 2.05) is 0 Å². The van der Waals surface area contributed by atoms with Crippen molar-refractivity contribution in [2.45, 2.75) is 37.5 Å². The summed E-state index contributed by atoms with van der Waals surface area (Å²) in [5.74, 6) is -0.809. The molecular formula is C16H15F3N4O4S. The normalized spacial score (nSPS) is 22.0. The van der Waals surface area contributed by atoms with Gasteiger partial charge in [-0.3, -0.25) is 15.0 Å². The van der Waals surface area contributed by atoms with Crippen molar-refractivity contribution in [3.63, 3.8) is 0 Å².